The zero-order valence-corrected chi connectivity index (χ0v) is 15.8. The second kappa shape index (κ2) is 7.84. The van der Waals surface area contributed by atoms with Gasteiger partial charge in [-0.1, -0.05) is 0 Å². The Labute approximate surface area is 167 Å². The van der Waals surface area contributed by atoms with E-state index >= 15 is 0 Å². The molecule has 0 aliphatic carbocycles. The van der Waals surface area contributed by atoms with E-state index in [0.717, 1.165) is 24.3 Å². The maximum Gasteiger partial charge on any atom is 1.00 e. The van der Waals surface area contributed by atoms with Gasteiger partial charge in [0.25, 0.3) is 5.69 Å². The average Bonchev–Trinajstić information content (AvgIpc) is 2.52. The van der Waals surface area contributed by atoms with Crippen LogP contribution in [0.15, 0.2) is 47.4 Å². The molecule has 2 rings (SSSR count). The third kappa shape index (κ3) is 4.89. The number of carbonyl (C=O) groups is 1. The topological polar surface area (TPSA) is 117 Å². The first-order valence-corrected chi connectivity index (χ1v) is 7.78. The van der Waals surface area contributed by atoms with Crippen molar-refractivity contribution >= 4 is 21.6 Å². The molecule has 0 saturated heterocycles. The molecule has 0 fully saturated rings. The number of benzene rings is 2. The fraction of sp³-hybridized carbons (Fsp3) is 0.0714. The summed E-state index contributed by atoms with van der Waals surface area (Å²) < 4.78 is 71.8. The van der Waals surface area contributed by atoms with Gasteiger partial charge in [-0.15, -0.1) is 0 Å². The fourth-order valence-electron chi connectivity index (χ4n) is 1.98. The van der Waals surface area contributed by atoms with Crippen molar-refractivity contribution in [1.82, 2.24) is 0 Å². The van der Waals surface area contributed by atoms with Crippen molar-refractivity contribution in [3.05, 3.63) is 69.3 Å². The van der Waals surface area contributed by atoms with E-state index in [-0.39, 0.29) is 46.9 Å². The molecule has 0 aliphatic rings. The minimum atomic E-state index is -5.37. The van der Waals surface area contributed by atoms with Crippen LogP contribution in [-0.2, 0) is 16.3 Å². The van der Waals surface area contributed by atoms with Crippen LogP contribution in [0.3, 0.4) is 0 Å². The summed E-state index contributed by atoms with van der Waals surface area (Å²) in [5.74, 6) is -1.06. The second-order valence-electron chi connectivity index (χ2n) is 4.80. The number of nitro groups is 1. The number of halogens is 3. The molecule has 0 bridgehead atoms. The Morgan fingerprint density at radius 1 is 1.04 bits per heavy atom. The molecular weight excluding hydrogens is 390 g/mol. The van der Waals surface area contributed by atoms with Crippen LogP contribution in [0.1, 0.15) is 21.5 Å². The number of ketones is 1. The van der Waals surface area contributed by atoms with E-state index in [4.69, 9.17) is 0 Å². The third-order valence-corrected chi connectivity index (χ3v) is 4.04. The van der Waals surface area contributed by atoms with Gasteiger partial charge in [-0.25, -0.2) is 8.42 Å². The zero-order chi connectivity index (χ0) is 19.0. The van der Waals surface area contributed by atoms with Gasteiger partial charge < -0.3 is 4.55 Å². The van der Waals surface area contributed by atoms with Gasteiger partial charge >= 0.3 is 35.7 Å². The first kappa shape index (κ1) is 22.3. The van der Waals surface area contributed by atoms with Crippen LogP contribution in [0.25, 0.3) is 0 Å². The van der Waals surface area contributed by atoms with E-state index in [2.05, 4.69) is 0 Å². The minimum absolute atomic E-state index is 0. The quantitative estimate of drug-likeness (QED) is 0.231. The Morgan fingerprint density at radius 3 is 2.00 bits per heavy atom. The van der Waals surface area contributed by atoms with Gasteiger partial charge in [0.1, 0.15) is 10.1 Å². The summed E-state index contributed by atoms with van der Waals surface area (Å²) in [5.41, 5.74) is -2.73. The van der Waals surface area contributed by atoms with Gasteiger partial charge in [-0.3, -0.25) is 14.9 Å². The molecule has 0 aliphatic heterocycles. The number of carbonyl (C=O) groups excluding carboxylic acids is 1. The van der Waals surface area contributed by atoms with Crippen LogP contribution in [0.5, 0.6) is 0 Å². The first-order chi connectivity index (χ1) is 11.4. The van der Waals surface area contributed by atoms with E-state index in [1.54, 1.807) is 0 Å². The molecule has 0 unspecified atom stereocenters. The van der Waals surface area contributed by atoms with Gasteiger partial charge in [-0.05, 0) is 30.3 Å². The molecule has 0 amide bonds. The molecule has 12 heteroatoms. The van der Waals surface area contributed by atoms with Crippen molar-refractivity contribution in [3.8, 4) is 0 Å². The summed E-state index contributed by atoms with van der Waals surface area (Å²) in [7, 11) is -5.37. The molecule has 0 saturated carbocycles. The van der Waals surface area contributed by atoms with Crippen LogP contribution in [0.4, 0.5) is 18.9 Å². The number of nitrogens with zero attached hydrogens (tertiary/aromatic N) is 1. The summed E-state index contributed by atoms with van der Waals surface area (Å²) in [6.45, 7) is 0. The van der Waals surface area contributed by atoms with Gasteiger partial charge in [0, 0.05) is 23.3 Å². The van der Waals surface area contributed by atoms with Gasteiger partial charge in [0.2, 0.25) is 0 Å². The van der Waals surface area contributed by atoms with Gasteiger partial charge in [0.15, 0.2) is 5.78 Å². The molecule has 2 aromatic rings. The van der Waals surface area contributed by atoms with Crippen molar-refractivity contribution in [2.45, 2.75) is 11.1 Å². The molecule has 0 spiro atoms. The maximum atomic E-state index is 12.7. The summed E-state index contributed by atoms with van der Waals surface area (Å²) in [6, 6.07) is 5.05. The minimum Gasteiger partial charge on any atom is -0.744 e. The van der Waals surface area contributed by atoms with E-state index in [0.29, 0.717) is 12.1 Å². The van der Waals surface area contributed by atoms with Crippen molar-refractivity contribution in [3.63, 3.8) is 0 Å². The van der Waals surface area contributed by atoms with Crippen LogP contribution >= 0.6 is 0 Å². The Balaban J connectivity index is 0.00000338. The first-order valence-electron chi connectivity index (χ1n) is 6.37. The standard InChI is InChI=1S/C14H8F3NO6S.Na/c15-14(16,17)9-3-6-11(12(7-9)25(22,23)24)13(19)8-1-4-10(5-2-8)18(20)21;/h1-7H,(H,22,23,24);/q;+1/p-1. The normalized spacial score (nSPS) is 11.5. The van der Waals surface area contributed by atoms with E-state index in [1.165, 1.54) is 0 Å². The number of rotatable bonds is 4. The number of hydrogen-bond acceptors (Lipinski definition) is 6. The van der Waals surface area contributed by atoms with E-state index in [9.17, 15) is 41.1 Å². The van der Waals surface area contributed by atoms with Crippen molar-refractivity contribution in [2.24, 2.45) is 0 Å². The fourth-order valence-corrected chi connectivity index (χ4v) is 2.68. The smallest absolute Gasteiger partial charge is 0.744 e. The molecule has 132 valence electrons. The zero-order valence-electron chi connectivity index (χ0n) is 13.0. The van der Waals surface area contributed by atoms with Crippen molar-refractivity contribution in [2.75, 3.05) is 0 Å². The Bertz CT molecular complexity index is 958. The molecule has 0 aromatic heterocycles. The molecule has 0 atom stereocenters. The maximum absolute atomic E-state index is 12.7. The molecule has 2 aromatic carbocycles. The molecular formula is C14H7F3NNaO6S. The van der Waals surface area contributed by atoms with Crippen LogP contribution in [-0.4, -0.2) is 23.7 Å². The molecule has 0 radical (unpaired) electrons. The molecule has 0 N–H and O–H groups in total. The number of non-ortho nitro benzene ring substituents is 1. The summed E-state index contributed by atoms with van der Waals surface area (Å²) in [4.78, 5) is 20.8. The van der Waals surface area contributed by atoms with E-state index in [1.807, 2.05) is 0 Å². The summed E-state index contributed by atoms with van der Waals surface area (Å²) >= 11 is 0. The van der Waals surface area contributed by atoms with Gasteiger partial charge in [-0.2, -0.15) is 13.2 Å². The predicted molar refractivity (Wildman–Crippen MR) is 75.9 cm³/mol. The molecule has 26 heavy (non-hydrogen) atoms. The Hall–Kier alpha value is -1.79. The Morgan fingerprint density at radius 2 is 1.58 bits per heavy atom. The average molecular weight is 397 g/mol. The largest absolute Gasteiger partial charge is 1.00 e. The van der Waals surface area contributed by atoms with Crippen LogP contribution in [0, 0.1) is 10.1 Å². The third-order valence-electron chi connectivity index (χ3n) is 3.16. The summed E-state index contributed by atoms with van der Waals surface area (Å²) in [6.07, 6.45) is -4.91. The van der Waals surface area contributed by atoms with Crippen molar-refractivity contribution < 1.29 is 65.4 Å². The monoisotopic (exact) mass is 397 g/mol. The van der Waals surface area contributed by atoms with Crippen molar-refractivity contribution in [1.29, 1.82) is 0 Å². The predicted octanol–water partition coefficient (Wildman–Crippen LogP) is -0.247. The van der Waals surface area contributed by atoms with Crippen LogP contribution < -0.4 is 29.6 Å². The summed E-state index contributed by atoms with van der Waals surface area (Å²) in [5, 5.41) is 10.6. The SMILES string of the molecule is O=C(c1ccc([N+](=O)[O-])cc1)c1ccc(C(F)(F)F)cc1S(=O)(=O)[O-].[Na+]. The number of alkyl halides is 3. The molecule has 0 heterocycles. The van der Waals surface area contributed by atoms with E-state index < -0.39 is 43.0 Å². The number of hydrogen-bond donors (Lipinski definition) is 0. The van der Waals surface area contributed by atoms with Gasteiger partial charge in [0.05, 0.1) is 15.4 Å². The second-order valence-corrected chi connectivity index (χ2v) is 6.14. The Kier molecular flexibility index (Phi) is 6.71. The number of nitro benzene ring substituents is 1. The molecule has 7 nitrogen and oxygen atoms in total. The van der Waals surface area contributed by atoms with Crippen LogP contribution in [0.2, 0.25) is 0 Å².